The summed E-state index contributed by atoms with van der Waals surface area (Å²) in [6.45, 7) is 2.48. The minimum Gasteiger partial charge on any atom is -0.457 e. The zero-order chi connectivity index (χ0) is 24.8. The van der Waals surface area contributed by atoms with Crippen molar-refractivity contribution in [2.24, 2.45) is 5.92 Å². The molecule has 1 aromatic heterocycles. The average molecular weight is 488 g/mol. The van der Waals surface area contributed by atoms with Gasteiger partial charge in [0.2, 0.25) is 5.60 Å². The van der Waals surface area contributed by atoms with Crippen LogP contribution < -0.4 is 10.1 Å². The number of ether oxygens (including phenoxy) is 2. The molecule has 2 aromatic carbocycles. The Bertz CT molecular complexity index is 1260. The fourth-order valence-electron chi connectivity index (χ4n) is 5.84. The van der Waals surface area contributed by atoms with Gasteiger partial charge in [-0.25, -0.2) is 9.78 Å². The lowest BCUT2D eigenvalue weighted by atomic mass is 9.81. The highest BCUT2D eigenvalue weighted by Crippen LogP contribution is 2.48. The van der Waals surface area contributed by atoms with Gasteiger partial charge in [0, 0.05) is 42.3 Å². The summed E-state index contributed by atoms with van der Waals surface area (Å²) < 4.78 is 12.6. The van der Waals surface area contributed by atoms with Crippen molar-refractivity contribution in [3.63, 3.8) is 0 Å². The second-order valence-electron chi connectivity index (χ2n) is 9.85. The molecule has 0 aliphatic carbocycles. The molecule has 36 heavy (non-hydrogen) atoms. The molecule has 0 spiro atoms. The van der Waals surface area contributed by atoms with Gasteiger partial charge in [-0.05, 0) is 12.1 Å². The number of quaternary nitrogens is 1. The summed E-state index contributed by atoms with van der Waals surface area (Å²) in [7, 11) is 0. The van der Waals surface area contributed by atoms with E-state index in [1.165, 1.54) is 12.4 Å². The molecule has 9 heteroatoms. The standard InChI is InChI=1S/C27H26N4O5/c32-25(30-24-15-28-11-12-29-24)17-31-13-9-18(10-14-31)23(16-31)36-26(33)27(34)19-5-1-3-7-21(19)35-22-8-4-2-6-20(22)27/h1-8,11-12,15,18,23,34H,9-10,13-14,16-17H2/p+1. The Morgan fingerprint density at radius 1 is 1.06 bits per heavy atom. The Kier molecular flexibility index (Phi) is 5.46. The third-order valence-corrected chi connectivity index (χ3v) is 7.68. The number of rotatable bonds is 5. The highest BCUT2D eigenvalue weighted by molar-refractivity contribution is 5.90. The summed E-state index contributed by atoms with van der Waals surface area (Å²) in [6.07, 6.45) is 5.90. The van der Waals surface area contributed by atoms with Crippen LogP contribution >= 0.6 is 0 Å². The molecule has 1 atom stereocenters. The summed E-state index contributed by atoms with van der Waals surface area (Å²) in [6, 6.07) is 14.0. The van der Waals surface area contributed by atoms with Crippen LogP contribution in [-0.4, -0.2) is 63.7 Å². The van der Waals surface area contributed by atoms with Crippen LogP contribution in [0.2, 0.25) is 0 Å². The topological polar surface area (TPSA) is 111 Å². The highest BCUT2D eigenvalue weighted by Gasteiger charge is 2.53. The number of aliphatic hydroxyl groups is 1. The van der Waals surface area contributed by atoms with Crippen molar-refractivity contribution in [3.05, 3.63) is 78.2 Å². The van der Waals surface area contributed by atoms with Crippen molar-refractivity contribution < 1.29 is 28.7 Å². The summed E-state index contributed by atoms with van der Waals surface area (Å²) in [5.74, 6) is 0.599. The number of anilines is 1. The summed E-state index contributed by atoms with van der Waals surface area (Å²) >= 11 is 0. The lowest BCUT2D eigenvalue weighted by Crippen LogP contribution is -2.66. The molecule has 5 heterocycles. The van der Waals surface area contributed by atoms with Crippen LogP contribution in [0.3, 0.4) is 0 Å². The van der Waals surface area contributed by atoms with E-state index in [9.17, 15) is 14.7 Å². The van der Waals surface area contributed by atoms with E-state index in [0.717, 1.165) is 25.9 Å². The molecule has 3 aromatic rings. The molecule has 1 unspecified atom stereocenters. The zero-order valence-corrected chi connectivity index (χ0v) is 19.7. The molecular formula is C27H27N4O5+. The zero-order valence-electron chi connectivity index (χ0n) is 19.7. The number of aromatic nitrogens is 2. The van der Waals surface area contributed by atoms with Crippen LogP contribution in [-0.2, 0) is 19.9 Å². The van der Waals surface area contributed by atoms with E-state index in [1.807, 2.05) is 0 Å². The van der Waals surface area contributed by atoms with Crippen LogP contribution in [0.4, 0.5) is 5.82 Å². The van der Waals surface area contributed by atoms with Gasteiger partial charge in [-0.3, -0.25) is 9.78 Å². The number of carbonyl (C=O) groups excluding carboxylic acids is 2. The lowest BCUT2D eigenvalue weighted by molar-refractivity contribution is -0.939. The van der Waals surface area contributed by atoms with Crippen molar-refractivity contribution >= 4 is 17.7 Å². The van der Waals surface area contributed by atoms with Gasteiger partial charge in [-0.2, -0.15) is 0 Å². The van der Waals surface area contributed by atoms with Crippen molar-refractivity contribution in [1.29, 1.82) is 0 Å². The number of piperidine rings is 3. The number of nitrogens with zero attached hydrogens (tertiary/aromatic N) is 3. The molecule has 4 aliphatic rings. The monoisotopic (exact) mass is 487 g/mol. The summed E-state index contributed by atoms with van der Waals surface area (Å²) in [5, 5.41) is 14.7. The van der Waals surface area contributed by atoms with E-state index >= 15 is 0 Å². The molecule has 2 bridgehead atoms. The van der Waals surface area contributed by atoms with Gasteiger partial charge in [-0.15, -0.1) is 0 Å². The lowest BCUT2D eigenvalue weighted by Gasteiger charge is -2.51. The normalized spacial score (nSPS) is 25.1. The van der Waals surface area contributed by atoms with Gasteiger partial charge < -0.3 is 24.4 Å². The second-order valence-corrected chi connectivity index (χ2v) is 9.85. The van der Waals surface area contributed by atoms with Crippen LogP contribution in [0.25, 0.3) is 0 Å². The maximum atomic E-state index is 13.7. The van der Waals surface area contributed by atoms with E-state index in [4.69, 9.17) is 9.47 Å². The fraction of sp³-hybridized carbons (Fsp3) is 0.333. The van der Waals surface area contributed by atoms with E-state index in [2.05, 4.69) is 15.3 Å². The van der Waals surface area contributed by atoms with Crippen LogP contribution in [0.15, 0.2) is 67.1 Å². The summed E-state index contributed by atoms with van der Waals surface area (Å²) in [5.41, 5.74) is -1.25. The maximum absolute atomic E-state index is 13.7. The third-order valence-electron chi connectivity index (χ3n) is 7.68. The van der Waals surface area contributed by atoms with Gasteiger partial charge in [-0.1, -0.05) is 36.4 Å². The first-order valence-corrected chi connectivity index (χ1v) is 12.2. The van der Waals surface area contributed by atoms with Gasteiger partial charge in [0.25, 0.3) is 5.91 Å². The molecule has 184 valence electrons. The molecule has 3 fully saturated rings. The molecule has 0 saturated carbocycles. The first-order valence-electron chi connectivity index (χ1n) is 12.2. The number of carbonyl (C=O) groups is 2. The quantitative estimate of drug-likeness (QED) is 0.420. The first kappa shape index (κ1) is 22.6. The molecule has 4 aliphatic heterocycles. The number of fused-ring (bicyclic) bond motifs is 5. The molecular weight excluding hydrogens is 460 g/mol. The van der Waals surface area contributed by atoms with Gasteiger partial charge in [0.15, 0.2) is 18.5 Å². The fourth-order valence-corrected chi connectivity index (χ4v) is 5.84. The van der Waals surface area contributed by atoms with Crippen LogP contribution in [0, 0.1) is 5.92 Å². The van der Waals surface area contributed by atoms with Crippen molar-refractivity contribution in [3.8, 4) is 11.5 Å². The SMILES string of the molecule is O=C(C[N+]12CCC(CC1)C(OC(=O)C1(O)c3ccccc3Oc3ccccc31)C2)Nc1cnccn1. The van der Waals surface area contributed by atoms with Gasteiger partial charge >= 0.3 is 5.97 Å². The van der Waals surface area contributed by atoms with Crippen molar-refractivity contribution in [2.75, 3.05) is 31.5 Å². The third kappa shape index (κ3) is 3.81. The van der Waals surface area contributed by atoms with Crippen LogP contribution in [0.1, 0.15) is 24.0 Å². The van der Waals surface area contributed by atoms with E-state index in [-0.39, 0.29) is 18.4 Å². The smallest absolute Gasteiger partial charge is 0.348 e. The second kappa shape index (κ2) is 8.69. The van der Waals surface area contributed by atoms with Crippen molar-refractivity contribution in [1.82, 2.24) is 9.97 Å². The Balaban J connectivity index is 1.23. The Morgan fingerprint density at radius 3 is 2.36 bits per heavy atom. The Hall–Kier alpha value is -3.82. The van der Waals surface area contributed by atoms with E-state index in [1.54, 1.807) is 54.7 Å². The van der Waals surface area contributed by atoms with Gasteiger partial charge in [0.1, 0.15) is 18.0 Å². The predicted octanol–water partition coefficient (Wildman–Crippen LogP) is 2.61. The molecule has 2 N–H and O–H groups in total. The van der Waals surface area contributed by atoms with Gasteiger partial charge in [0.05, 0.1) is 19.3 Å². The van der Waals surface area contributed by atoms with Crippen molar-refractivity contribution in [2.45, 2.75) is 24.5 Å². The molecule has 3 saturated heterocycles. The number of esters is 1. The maximum Gasteiger partial charge on any atom is 0.348 e. The number of hydrogen-bond donors (Lipinski definition) is 2. The predicted molar refractivity (Wildman–Crippen MR) is 129 cm³/mol. The minimum absolute atomic E-state index is 0.146. The molecule has 7 rings (SSSR count). The number of amides is 1. The highest BCUT2D eigenvalue weighted by atomic mass is 16.6. The molecule has 0 radical (unpaired) electrons. The number of benzene rings is 2. The average Bonchev–Trinajstić information content (AvgIpc) is 2.90. The first-order chi connectivity index (χ1) is 17.5. The van der Waals surface area contributed by atoms with E-state index < -0.39 is 17.7 Å². The van der Waals surface area contributed by atoms with Crippen LogP contribution in [0.5, 0.6) is 11.5 Å². The molecule has 9 nitrogen and oxygen atoms in total. The van der Waals surface area contributed by atoms with E-state index in [0.29, 0.717) is 39.5 Å². The number of para-hydroxylation sites is 2. The number of hydrogen-bond acceptors (Lipinski definition) is 7. The number of nitrogens with one attached hydrogen (secondary N) is 1. The minimum atomic E-state index is -1.98. The summed E-state index contributed by atoms with van der Waals surface area (Å²) in [4.78, 5) is 34.6. The molecule has 1 amide bonds. The largest absolute Gasteiger partial charge is 0.457 e. The Morgan fingerprint density at radius 2 is 1.72 bits per heavy atom. The Labute approximate surface area is 208 Å².